The van der Waals surface area contributed by atoms with E-state index in [1.807, 2.05) is 0 Å². The van der Waals surface area contributed by atoms with Crippen LogP contribution in [0.3, 0.4) is 0 Å². The number of carbonyl (C=O) groups excluding carboxylic acids is 1. The molecule has 1 heterocycles. The maximum Gasteiger partial charge on any atom is 0.341 e. The number of esters is 1. The fraction of sp³-hybridized carbons (Fsp3) is 0.500. The summed E-state index contributed by atoms with van der Waals surface area (Å²) in [6, 6.07) is 1.61. The predicted molar refractivity (Wildman–Crippen MR) is 71.3 cm³/mol. The second-order valence-electron chi connectivity index (χ2n) is 4.16. The van der Waals surface area contributed by atoms with Gasteiger partial charge in [0.15, 0.2) is 0 Å². The third-order valence-corrected chi connectivity index (χ3v) is 2.92. The highest BCUT2D eigenvalue weighted by Gasteiger charge is 2.13. The van der Waals surface area contributed by atoms with Crippen LogP contribution in [0.4, 0.5) is 0 Å². The fourth-order valence-corrected chi connectivity index (χ4v) is 1.81. The summed E-state index contributed by atoms with van der Waals surface area (Å²) in [5.74, 6) is 0.192. The van der Waals surface area contributed by atoms with Crippen molar-refractivity contribution in [3.63, 3.8) is 0 Å². The lowest BCUT2D eigenvalue weighted by molar-refractivity contribution is 0.0494. The lowest BCUT2D eigenvalue weighted by Gasteiger charge is -2.07. The zero-order chi connectivity index (χ0) is 12.8. The number of hydrogen-bond donors (Lipinski definition) is 0. The van der Waals surface area contributed by atoms with Gasteiger partial charge in [-0.1, -0.05) is 25.4 Å². The molecule has 0 atom stereocenters. The van der Waals surface area contributed by atoms with Gasteiger partial charge >= 0.3 is 5.97 Å². The Bertz CT molecular complexity index is 396. The SMILES string of the molecule is CC(C)CCCOC(=O)c1cc(Br)cnc1Cl. The van der Waals surface area contributed by atoms with Gasteiger partial charge in [0.05, 0.1) is 12.2 Å². The van der Waals surface area contributed by atoms with Crippen molar-refractivity contribution >= 4 is 33.5 Å². The van der Waals surface area contributed by atoms with E-state index in [1.54, 1.807) is 6.07 Å². The molecule has 0 N–H and O–H groups in total. The third-order valence-electron chi connectivity index (χ3n) is 2.18. The van der Waals surface area contributed by atoms with Gasteiger partial charge in [-0.15, -0.1) is 0 Å². The molecule has 0 aliphatic heterocycles. The summed E-state index contributed by atoms with van der Waals surface area (Å²) in [4.78, 5) is 15.6. The maximum atomic E-state index is 11.7. The van der Waals surface area contributed by atoms with E-state index < -0.39 is 5.97 Å². The Hall–Kier alpha value is -0.610. The Labute approximate surface area is 115 Å². The minimum Gasteiger partial charge on any atom is -0.462 e. The van der Waals surface area contributed by atoms with E-state index in [1.165, 1.54) is 6.20 Å². The van der Waals surface area contributed by atoms with E-state index in [0.717, 1.165) is 12.8 Å². The van der Waals surface area contributed by atoms with Crippen molar-refractivity contribution in [2.75, 3.05) is 6.61 Å². The smallest absolute Gasteiger partial charge is 0.341 e. The number of nitrogens with zero attached hydrogens (tertiary/aromatic N) is 1. The van der Waals surface area contributed by atoms with E-state index in [9.17, 15) is 4.79 Å². The first-order chi connectivity index (χ1) is 8.00. The molecule has 94 valence electrons. The van der Waals surface area contributed by atoms with Gasteiger partial charge in [-0.25, -0.2) is 9.78 Å². The number of hydrogen-bond acceptors (Lipinski definition) is 3. The minimum absolute atomic E-state index is 0.169. The topological polar surface area (TPSA) is 39.2 Å². The first-order valence-electron chi connectivity index (χ1n) is 5.49. The Morgan fingerprint density at radius 2 is 2.29 bits per heavy atom. The lowest BCUT2D eigenvalue weighted by atomic mass is 10.1. The monoisotopic (exact) mass is 319 g/mol. The number of aromatic nitrogens is 1. The second-order valence-corrected chi connectivity index (χ2v) is 5.44. The zero-order valence-corrected chi connectivity index (χ0v) is 12.2. The molecule has 0 radical (unpaired) electrons. The molecule has 0 saturated heterocycles. The standard InChI is InChI=1S/C12H15BrClNO2/c1-8(2)4-3-5-17-12(16)10-6-9(13)7-15-11(10)14/h6-8H,3-5H2,1-2H3. The van der Waals surface area contributed by atoms with E-state index in [4.69, 9.17) is 16.3 Å². The van der Waals surface area contributed by atoms with Gasteiger partial charge in [0.1, 0.15) is 5.15 Å². The van der Waals surface area contributed by atoms with Gasteiger partial charge in [0, 0.05) is 10.7 Å². The van der Waals surface area contributed by atoms with Crippen molar-refractivity contribution in [3.8, 4) is 0 Å². The quantitative estimate of drug-likeness (QED) is 0.466. The number of pyridine rings is 1. The van der Waals surface area contributed by atoms with Crippen molar-refractivity contribution in [2.45, 2.75) is 26.7 Å². The van der Waals surface area contributed by atoms with Gasteiger partial charge in [0.25, 0.3) is 0 Å². The number of carbonyl (C=O) groups is 1. The van der Waals surface area contributed by atoms with Gasteiger partial charge in [-0.05, 0) is 40.8 Å². The highest BCUT2D eigenvalue weighted by molar-refractivity contribution is 9.10. The normalized spacial score (nSPS) is 10.6. The van der Waals surface area contributed by atoms with Gasteiger partial charge in [-0.2, -0.15) is 0 Å². The molecule has 0 aromatic carbocycles. The van der Waals surface area contributed by atoms with Crippen molar-refractivity contribution < 1.29 is 9.53 Å². The first kappa shape index (κ1) is 14.5. The molecule has 1 rings (SSSR count). The summed E-state index contributed by atoms with van der Waals surface area (Å²) in [7, 11) is 0. The van der Waals surface area contributed by atoms with Crippen molar-refractivity contribution in [1.29, 1.82) is 0 Å². The van der Waals surface area contributed by atoms with Crippen LogP contribution in [0.25, 0.3) is 0 Å². The summed E-state index contributed by atoms with van der Waals surface area (Å²) in [6.45, 7) is 4.69. The molecular weight excluding hydrogens is 305 g/mol. The summed E-state index contributed by atoms with van der Waals surface area (Å²) in [6.07, 6.45) is 3.44. The molecular formula is C12H15BrClNO2. The first-order valence-corrected chi connectivity index (χ1v) is 6.66. The van der Waals surface area contributed by atoms with Gasteiger partial charge in [-0.3, -0.25) is 0 Å². The Kier molecular flexibility index (Phi) is 5.92. The highest BCUT2D eigenvalue weighted by Crippen LogP contribution is 2.19. The van der Waals surface area contributed by atoms with Crippen LogP contribution in [0.2, 0.25) is 5.15 Å². The van der Waals surface area contributed by atoms with Crippen molar-refractivity contribution in [2.24, 2.45) is 5.92 Å². The highest BCUT2D eigenvalue weighted by atomic mass is 79.9. The molecule has 1 aromatic rings. The van der Waals surface area contributed by atoms with Crippen LogP contribution in [-0.4, -0.2) is 17.6 Å². The summed E-state index contributed by atoms with van der Waals surface area (Å²) in [5.41, 5.74) is 0.297. The molecule has 5 heteroatoms. The molecule has 0 saturated carbocycles. The summed E-state index contributed by atoms with van der Waals surface area (Å²) < 4.78 is 5.83. The van der Waals surface area contributed by atoms with Crippen molar-refractivity contribution in [3.05, 3.63) is 27.5 Å². The molecule has 1 aromatic heterocycles. The Morgan fingerprint density at radius 1 is 1.59 bits per heavy atom. The average Bonchev–Trinajstić information content (AvgIpc) is 2.27. The second kappa shape index (κ2) is 6.97. The molecule has 0 unspecified atom stereocenters. The van der Waals surface area contributed by atoms with Crippen LogP contribution in [0.15, 0.2) is 16.7 Å². The minimum atomic E-state index is -0.424. The lowest BCUT2D eigenvalue weighted by Crippen LogP contribution is -2.08. The number of ether oxygens (including phenoxy) is 1. The van der Waals surface area contributed by atoms with Crippen LogP contribution < -0.4 is 0 Å². The molecule has 0 fully saturated rings. The molecule has 0 amide bonds. The van der Waals surface area contributed by atoms with Gasteiger partial charge in [0.2, 0.25) is 0 Å². The van der Waals surface area contributed by atoms with Crippen LogP contribution in [-0.2, 0) is 4.74 Å². The molecule has 0 spiro atoms. The van der Waals surface area contributed by atoms with E-state index in [-0.39, 0.29) is 5.15 Å². The van der Waals surface area contributed by atoms with E-state index in [2.05, 4.69) is 34.8 Å². The van der Waals surface area contributed by atoms with Gasteiger partial charge < -0.3 is 4.74 Å². The Balaban J connectivity index is 2.49. The number of rotatable bonds is 5. The van der Waals surface area contributed by atoms with E-state index in [0.29, 0.717) is 22.6 Å². The van der Waals surface area contributed by atoms with Crippen LogP contribution in [0, 0.1) is 5.92 Å². The summed E-state index contributed by atoms with van der Waals surface area (Å²) in [5, 5.41) is 0.169. The van der Waals surface area contributed by atoms with Crippen LogP contribution in [0.5, 0.6) is 0 Å². The Morgan fingerprint density at radius 3 is 2.94 bits per heavy atom. The predicted octanol–water partition coefficient (Wildman–Crippen LogP) is 4.09. The molecule has 17 heavy (non-hydrogen) atoms. The molecule has 0 bridgehead atoms. The zero-order valence-electron chi connectivity index (χ0n) is 9.87. The van der Waals surface area contributed by atoms with Crippen LogP contribution >= 0.6 is 27.5 Å². The maximum absolute atomic E-state index is 11.7. The van der Waals surface area contributed by atoms with Crippen LogP contribution in [0.1, 0.15) is 37.0 Å². The molecule has 3 nitrogen and oxygen atoms in total. The third kappa shape index (κ3) is 5.04. The van der Waals surface area contributed by atoms with E-state index >= 15 is 0 Å². The molecule has 0 aliphatic carbocycles. The summed E-state index contributed by atoms with van der Waals surface area (Å²) >= 11 is 9.06. The fourth-order valence-electron chi connectivity index (χ4n) is 1.30. The molecule has 0 aliphatic rings. The van der Waals surface area contributed by atoms with Crippen molar-refractivity contribution in [1.82, 2.24) is 4.98 Å². The number of halogens is 2. The average molecular weight is 321 g/mol. The largest absolute Gasteiger partial charge is 0.462 e.